The Hall–Kier alpha value is -0.610. The molecule has 0 amide bonds. The first kappa shape index (κ1) is 9.48. The summed E-state index contributed by atoms with van der Waals surface area (Å²) in [4.78, 5) is 12.5. The van der Waals surface area contributed by atoms with E-state index < -0.39 is 12.0 Å². The summed E-state index contributed by atoms with van der Waals surface area (Å²) in [5, 5.41) is 18.0. The Morgan fingerprint density at radius 2 is 2.42 bits per heavy atom. The van der Waals surface area contributed by atoms with Crippen molar-refractivity contribution in [1.29, 1.82) is 0 Å². The van der Waals surface area contributed by atoms with Gasteiger partial charge in [0.1, 0.15) is 6.04 Å². The molecule has 0 aromatic heterocycles. The average molecular weight is 173 g/mol. The minimum Gasteiger partial charge on any atom is -0.480 e. The van der Waals surface area contributed by atoms with Gasteiger partial charge in [0.25, 0.3) is 0 Å². The van der Waals surface area contributed by atoms with Gasteiger partial charge in [0.15, 0.2) is 0 Å². The van der Waals surface area contributed by atoms with Gasteiger partial charge in [0.05, 0.1) is 6.10 Å². The molecule has 0 aromatic carbocycles. The highest BCUT2D eigenvalue weighted by molar-refractivity contribution is 5.73. The van der Waals surface area contributed by atoms with Crippen LogP contribution in [-0.2, 0) is 4.79 Å². The smallest absolute Gasteiger partial charge is 0.320 e. The van der Waals surface area contributed by atoms with E-state index in [4.69, 9.17) is 5.11 Å². The van der Waals surface area contributed by atoms with Crippen LogP contribution in [0.2, 0.25) is 0 Å². The molecule has 4 nitrogen and oxygen atoms in total. The fourth-order valence-electron chi connectivity index (χ4n) is 1.64. The maximum Gasteiger partial charge on any atom is 0.320 e. The Kier molecular flexibility index (Phi) is 3.05. The van der Waals surface area contributed by atoms with Crippen molar-refractivity contribution in [2.24, 2.45) is 0 Å². The van der Waals surface area contributed by atoms with Crippen LogP contribution in [0.15, 0.2) is 0 Å². The Bertz CT molecular complexity index is 172. The zero-order valence-electron chi connectivity index (χ0n) is 7.23. The van der Waals surface area contributed by atoms with E-state index in [1.165, 1.54) is 0 Å². The van der Waals surface area contributed by atoms with E-state index in [1.807, 2.05) is 11.8 Å². The van der Waals surface area contributed by atoms with Gasteiger partial charge in [-0.05, 0) is 12.8 Å². The van der Waals surface area contributed by atoms with Crippen molar-refractivity contribution in [1.82, 2.24) is 4.90 Å². The summed E-state index contributed by atoms with van der Waals surface area (Å²) >= 11 is 0. The zero-order valence-corrected chi connectivity index (χ0v) is 7.23. The summed E-state index contributed by atoms with van der Waals surface area (Å²) in [5.41, 5.74) is 0. The summed E-state index contributed by atoms with van der Waals surface area (Å²) in [7, 11) is 0. The van der Waals surface area contributed by atoms with Crippen molar-refractivity contribution in [3.05, 3.63) is 0 Å². The van der Waals surface area contributed by atoms with Crippen LogP contribution in [0.25, 0.3) is 0 Å². The van der Waals surface area contributed by atoms with Gasteiger partial charge in [-0.3, -0.25) is 9.69 Å². The lowest BCUT2D eigenvalue weighted by Crippen LogP contribution is -2.39. The molecule has 0 radical (unpaired) electrons. The topological polar surface area (TPSA) is 60.8 Å². The second kappa shape index (κ2) is 3.87. The van der Waals surface area contributed by atoms with Crippen LogP contribution in [0, 0.1) is 0 Å². The van der Waals surface area contributed by atoms with Crippen molar-refractivity contribution in [2.75, 3.05) is 13.1 Å². The van der Waals surface area contributed by atoms with Crippen LogP contribution in [-0.4, -0.2) is 46.3 Å². The lowest BCUT2D eigenvalue weighted by molar-refractivity contribution is -0.143. The van der Waals surface area contributed by atoms with Crippen molar-refractivity contribution >= 4 is 5.97 Å². The van der Waals surface area contributed by atoms with E-state index in [1.54, 1.807) is 0 Å². The van der Waals surface area contributed by atoms with Crippen LogP contribution in [0.5, 0.6) is 0 Å². The minimum absolute atomic E-state index is 0.335. The van der Waals surface area contributed by atoms with Gasteiger partial charge in [-0.25, -0.2) is 0 Å². The molecule has 4 heteroatoms. The third-order valence-corrected chi connectivity index (χ3v) is 2.31. The first-order valence-electron chi connectivity index (χ1n) is 4.30. The molecule has 0 bridgehead atoms. The van der Waals surface area contributed by atoms with Gasteiger partial charge >= 0.3 is 5.97 Å². The number of carboxylic acids is 1. The van der Waals surface area contributed by atoms with Gasteiger partial charge in [-0.15, -0.1) is 0 Å². The minimum atomic E-state index is -0.786. The number of nitrogens with zero attached hydrogens (tertiary/aromatic N) is 1. The molecule has 0 saturated carbocycles. The third kappa shape index (κ3) is 1.95. The van der Waals surface area contributed by atoms with Crippen LogP contribution >= 0.6 is 0 Å². The highest BCUT2D eigenvalue weighted by Gasteiger charge is 2.29. The molecule has 1 unspecified atom stereocenters. The molecule has 12 heavy (non-hydrogen) atoms. The molecule has 1 aliphatic rings. The molecule has 0 spiro atoms. The van der Waals surface area contributed by atoms with E-state index in [0.717, 1.165) is 0 Å². The SMILES string of the molecule is CCC(C(=O)O)N1CC[C@H](O)C1. The predicted octanol–water partition coefficient (Wildman–Crippen LogP) is -0.0838. The second-order valence-corrected chi connectivity index (χ2v) is 3.20. The number of aliphatic hydroxyl groups excluding tert-OH is 1. The van der Waals surface area contributed by atoms with E-state index in [-0.39, 0.29) is 6.10 Å². The lowest BCUT2D eigenvalue weighted by atomic mass is 10.2. The molecular formula is C8H15NO3. The average Bonchev–Trinajstić information content (AvgIpc) is 2.37. The number of hydrogen-bond acceptors (Lipinski definition) is 3. The molecule has 1 fully saturated rings. The lowest BCUT2D eigenvalue weighted by Gasteiger charge is -2.21. The molecule has 0 aliphatic carbocycles. The number of hydrogen-bond donors (Lipinski definition) is 2. The Balaban J connectivity index is 2.49. The Morgan fingerprint density at radius 1 is 1.75 bits per heavy atom. The summed E-state index contributed by atoms with van der Waals surface area (Å²) in [6.07, 6.45) is 0.963. The molecule has 2 N–H and O–H groups in total. The quantitative estimate of drug-likeness (QED) is 0.626. The third-order valence-electron chi connectivity index (χ3n) is 2.31. The van der Waals surface area contributed by atoms with E-state index in [9.17, 15) is 9.90 Å². The molecule has 70 valence electrons. The highest BCUT2D eigenvalue weighted by atomic mass is 16.4. The van der Waals surface area contributed by atoms with Crippen molar-refractivity contribution < 1.29 is 15.0 Å². The largest absolute Gasteiger partial charge is 0.480 e. The number of carboxylic acid groups (broad SMARTS) is 1. The maximum atomic E-state index is 10.7. The second-order valence-electron chi connectivity index (χ2n) is 3.20. The fraction of sp³-hybridized carbons (Fsp3) is 0.875. The summed E-state index contributed by atoms with van der Waals surface area (Å²) in [5.74, 6) is -0.786. The monoisotopic (exact) mass is 173 g/mol. The van der Waals surface area contributed by atoms with Crippen LogP contribution in [0.3, 0.4) is 0 Å². The van der Waals surface area contributed by atoms with Gasteiger partial charge in [0, 0.05) is 13.1 Å². The van der Waals surface area contributed by atoms with Crippen LogP contribution in [0.1, 0.15) is 19.8 Å². The molecule has 0 aromatic rings. The van der Waals surface area contributed by atoms with Crippen molar-refractivity contribution in [2.45, 2.75) is 31.9 Å². The van der Waals surface area contributed by atoms with Gasteiger partial charge in [0.2, 0.25) is 0 Å². The zero-order chi connectivity index (χ0) is 9.14. The van der Waals surface area contributed by atoms with E-state index in [2.05, 4.69) is 0 Å². The van der Waals surface area contributed by atoms with E-state index in [0.29, 0.717) is 25.9 Å². The van der Waals surface area contributed by atoms with Crippen molar-refractivity contribution in [3.8, 4) is 0 Å². The van der Waals surface area contributed by atoms with Gasteiger partial charge in [-0.2, -0.15) is 0 Å². The number of carbonyl (C=O) groups is 1. The number of aliphatic carboxylic acids is 1. The molecule has 1 aliphatic heterocycles. The van der Waals surface area contributed by atoms with Gasteiger partial charge in [-0.1, -0.05) is 6.92 Å². The molecule has 1 rings (SSSR count). The van der Waals surface area contributed by atoms with Crippen LogP contribution < -0.4 is 0 Å². The first-order valence-corrected chi connectivity index (χ1v) is 4.30. The summed E-state index contributed by atoms with van der Waals surface area (Å²) < 4.78 is 0. The number of likely N-dealkylation sites (tertiary alicyclic amines) is 1. The maximum absolute atomic E-state index is 10.7. The normalized spacial score (nSPS) is 27.3. The Labute approximate surface area is 71.8 Å². The standard InChI is InChI=1S/C8H15NO3/c1-2-7(8(11)12)9-4-3-6(10)5-9/h6-7,10H,2-5H2,1H3,(H,11,12)/t6-,7?/m0/s1. The number of rotatable bonds is 3. The molecule has 2 atom stereocenters. The summed E-state index contributed by atoms with van der Waals surface area (Å²) in [6, 6.07) is -0.415. The number of aliphatic hydroxyl groups is 1. The number of β-amino-alcohol motifs (C(OH)–C–C–N with tert-alkyl or cyclic N) is 1. The molecular weight excluding hydrogens is 158 g/mol. The summed E-state index contributed by atoms with van der Waals surface area (Å²) in [6.45, 7) is 3.06. The van der Waals surface area contributed by atoms with E-state index >= 15 is 0 Å². The first-order chi connectivity index (χ1) is 5.65. The fourth-order valence-corrected chi connectivity index (χ4v) is 1.64. The van der Waals surface area contributed by atoms with Gasteiger partial charge < -0.3 is 10.2 Å². The molecule has 1 saturated heterocycles. The Morgan fingerprint density at radius 3 is 2.75 bits per heavy atom. The van der Waals surface area contributed by atoms with Crippen LogP contribution in [0.4, 0.5) is 0 Å². The predicted molar refractivity (Wildman–Crippen MR) is 43.9 cm³/mol. The highest BCUT2D eigenvalue weighted by Crippen LogP contribution is 2.14. The molecule has 1 heterocycles. The van der Waals surface area contributed by atoms with Crippen molar-refractivity contribution in [3.63, 3.8) is 0 Å².